The summed E-state index contributed by atoms with van der Waals surface area (Å²) in [6.45, 7) is 7.57. The molecule has 248 valence electrons. The molecule has 1 spiro atoms. The van der Waals surface area contributed by atoms with E-state index in [9.17, 15) is 13.2 Å². The Labute approximate surface area is 277 Å². The van der Waals surface area contributed by atoms with Gasteiger partial charge in [0.05, 0.1) is 34.6 Å². The Bertz CT molecular complexity index is 1850. The van der Waals surface area contributed by atoms with Crippen LogP contribution in [0.2, 0.25) is 0 Å². The zero-order valence-corrected chi connectivity index (χ0v) is 28.4. The molecule has 1 amide bonds. The number of para-hydroxylation sites is 1. The number of nitrogens with zero attached hydrogens (tertiary/aromatic N) is 5. The Kier molecular flexibility index (Phi) is 8.46. The van der Waals surface area contributed by atoms with Crippen molar-refractivity contribution in [2.45, 2.75) is 69.7 Å². The van der Waals surface area contributed by atoms with E-state index >= 15 is 0 Å². The molecule has 2 aromatic heterocycles. The monoisotopic (exact) mass is 656 g/mol. The summed E-state index contributed by atoms with van der Waals surface area (Å²) in [6.07, 6.45) is 10.3. The average molecular weight is 657 g/mol. The van der Waals surface area contributed by atoms with Crippen molar-refractivity contribution in [2.75, 3.05) is 44.7 Å². The van der Waals surface area contributed by atoms with Crippen LogP contribution in [0.15, 0.2) is 59.8 Å². The summed E-state index contributed by atoms with van der Waals surface area (Å²) in [6, 6.07) is 12.9. The molecule has 47 heavy (non-hydrogen) atoms. The first-order chi connectivity index (χ1) is 22.7. The second kappa shape index (κ2) is 12.6. The second-order valence-electron chi connectivity index (χ2n) is 13.5. The number of aromatic amines is 1. The van der Waals surface area contributed by atoms with Gasteiger partial charge >= 0.3 is 0 Å². The summed E-state index contributed by atoms with van der Waals surface area (Å²) in [5.74, 6) is 1.23. The van der Waals surface area contributed by atoms with Crippen LogP contribution in [0.1, 0.15) is 78.3 Å². The highest BCUT2D eigenvalue weighted by Gasteiger charge is 2.40. The van der Waals surface area contributed by atoms with Crippen LogP contribution in [-0.4, -0.2) is 78.3 Å². The fourth-order valence-electron chi connectivity index (χ4n) is 8.05. The molecular weight excluding hydrogens is 613 g/mol. The summed E-state index contributed by atoms with van der Waals surface area (Å²) in [5, 5.41) is 0. The van der Waals surface area contributed by atoms with Gasteiger partial charge in [-0.1, -0.05) is 12.5 Å². The fraction of sp³-hybridized carbons (Fsp3) is 0.472. The van der Waals surface area contributed by atoms with Crippen molar-refractivity contribution in [1.82, 2.24) is 24.2 Å². The van der Waals surface area contributed by atoms with E-state index in [-0.39, 0.29) is 11.3 Å². The zero-order valence-electron chi connectivity index (χ0n) is 27.5. The zero-order chi connectivity index (χ0) is 32.8. The molecule has 0 saturated carbocycles. The molecule has 0 bridgehead atoms. The van der Waals surface area contributed by atoms with Crippen molar-refractivity contribution in [1.29, 1.82) is 0 Å². The Morgan fingerprint density at radius 1 is 0.936 bits per heavy atom. The number of hydrogen-bond acceptors (Lipinski definition) is 7. The van der Waals surface area contributed by atoms with Crippen molar-refractivity contribution in [3.8, 4) is 5.75 Å². The summed E-state index contributed by atoms with van der Waals surface area (Å²) in [5.41, 5.74) is 4.79. The van der Waals surface area contributed by atoms with Gasteiger partial charge in [-0.05, 0) is 105 Å². The number of nitrogens with one attached hydrogen (secondary N) is 1. The molecule has 1 unspecified atom stereocenters. The number of aromatic nitrogens is 3. The molecular formula is C36H44N6O4S. The van der Waals surface area contributed by atoms with Gasteiger partial charge in [-0.15, -0.1) is 0 Å². The summed E-state index contributed by atoms with van der Waals surface area (Å²) < 4.78 is 35.4. The average Bonchev–Trinajstić information content (AvgIpc) is 3.53. The fourth-order valence-corrected chi connectivity index (χ4v) is 10.1. The number of amides is 1. The number of fused-ring (bicyclic) bond motifs is 1. The number of benzene rings is 2. The van der Waals surface area contributed by atoms with Crippen LogP contribution in [0, 0.1) is 19.3 Å². The number of piperidine rings is 3. The first kappa shape index (κ1) is 31.6. The maximum atomic E-state index is 14.2. The van der Waals surface area contributed by atoms with Gasteiger partial charge in [0, 0.05) is 50.8 Å². The third kappa shape index (κ3) is 5.88. The van der Waals surface area contributed by atoms with Gasteiger partial charge in [-0.25, -0.2) is 13.4 Å². The Morgan fingerprint density at radius 2 is 1.62 bits per heavy atom. The van der Waals surface area contributed by atoms with Gasteiger partial charge in [-0.3, -0.25) is 9.78 Å². The minimum Gasteiger partial charge on any atom is -0.497 e. The number of methoxy groups -OCH3 is 1. The Hall–Kier alpha value is -3.96. The number of likely N-dealkylation sites (tertiary alicyclic amines) is 1. The van der Waals surface area contributed by atoms with Crippen molar-refractivity contribution in [3.05, 3.63) is 77.4 Å². The standard InChI is InChI=1S/C36H44N6O4S/c1-25-23-28(46-3)24-26(2)33(25)47(44,45)42-18-5-4-9-31(42)34-38-30-8-6-7-29(32(30)39-34)35(43)41-21-14-36(15-22-41)12-19-40(20-13-36)27-10-16-37-17-11-27/h6-8,10-11,16-17,23-24,31H,4-5,9,12-15,18-22H2,1-3H3,(H,38,39). The summed E-state index contributed by atoms with van der Waals surface area (Å²) >= 11 is 0. The van der Waals surface area contributed by atoms with E-state index in [0.29, 0.717) is 57.2 Å². The summed E-state index contributed by atoms with van der Waals surface area (Å²) in [7, 11) is -2.24. The largest absolute Gasteiger partial charge is 0.497 e. The first-order valence-corrected chi connectivity index (χ1v) is 18.2. The third-order valence-electron chi connectivity index (χ3n) is 10.7. The molecule has 3 aliphatic heterocycles. The van der Waals surface area contributed by atoms with Crippen molar-refractivity contribution in [2.24, 2.45) is 5.41 Å². The van der Waals surface area contributed by atoms with Crippen LogP contribution in [0.5, 0.6) is 5.75 Å². The van der Waals surface area contributed by atoms with E-state index in [1.807, 2.05) is 49.3 Å². The number of anilines is 1. The van der Waals surface area contributed by atoms with Crippen LogP contribution in [0.3, 0.4) is 0 Å². The van der Waals surface area contributed by atoms with Gasteiger partial charge in [0.15, 0.2) is 0 Å². The smallest absolute Gasteiger partial charge is 0.256 e. The van der Waals surface area contributed by atoms with E-state index in [1.165, 1.54) is 5.69 Å². The molecule has 3 fully saturated rings. The van der Waals surface area contributed by atoms with Gasteiger partial charge in [0.1, 0.15) is 11.6 Å². The highest BCUT2D eigenvalue weighted by Crippen LogP contribution is 2.43. The number of rotatable bonds is 6. The van der Waals surface area contributed by atoms with E-state index in [0.717, 1.165) is 64.7 Å². The predicted octanol–water partition coefficient (Wildman–Crippen LogP) is 6.02. The Morgan fingerprint density at radius 3 is 2.30 bits per heavy atom. The maximum absolute atomic E-state index is 14.2. The van der Waals surface area contributed by atoms with E-state index in [4.69, 9.17) is 9.72 Å². The van der Waals surface area contributed by atoms with Crippen molar-refractivity contribution < 1.29 is 17.9 Å². The van der Waals surface area contributed by atoms with Gasteiger partial charge in [0.2, 0.25) is 10.0 Å². The molecule has 11 heteroatoms. The van der Waals surface area contributed by atoms with Crippen LogP contribution in [-0.2, 0) is 10.0 Å². The molecule has 10 nitrogen and oxygen atoms in total. The number of ether oxygens (including phenoxy) is 1. The molecule has 1 N–H and O–H groups in total. The number of H-pyrrole nitrogens is 1. The van der Waals surface area contributed by atoms with Crippen LogP contribution >= 0.6 is 0 Å². The molecule has 2 aromatic carbocycles. The maximum Gasteiger partial charge on any atom is 0.256 e. The third-order valence-corrected chi connectivity index (χ3v) is 13.0. The highest BCUT2D eigenvalue weighted by molar-refractivity contribution is 7.89. The molecule has 5 heterocycles. The minimum absolute atomic E-state index is 0.00692. The van der Waals surface area contributed by atoms with Crippen molar-refractivity contribution >= 4 is 32.7 Å². The minimum atomic E-state index is -3.82. The first-order valence-electron chi connectivity index (χ1n) is 16.8. The van der Waals surface area contributed by atoms with Gasteiger partial charge < -0.3 is 19.5 Å². The van der Waals surface area contributed by atoms with Crippen LogP contribution in [0.25, 0.3) is 11.0 Å². The molecule has 0 aliphatic carbocycles. The van der Waals surface area contributed by atoms with Crippen molar-refractivity contribution in [3.63, 3.8) is 0 Å². The topological polar surface area (TPSA) is 112 Å². The lowest BCUT2D eigenvalue weighted by Gasteiger charge is -2.47. The number of hydrogen-bond donors (Lipinski definition) is 1. The lowest BCUT2D eigenvalue weighted by molar-refractivity contribution is 0.0516. The molecule has 3 aliphatic rings. The lowest BCUT2D eigenvalue weighted by Crippen LogP contribution is -2.48. The van der Waals surface area contributed by atoms with E-state index in [1.54, 1.807) is 23.5 Å². The number of sulfonamides is 1. The van der Waals surface area contributed by atoms with Crippen LogP contribution < -0.4 is 9.64 Å². The Balaban J connectivity index is 1.09. The molecule has 0 radical (unpaired) electrons. The normalized spacial score (nSPS) is 20.5. The summed E-state index contributed by atoms with van der Waals surface area (Å²) in [4.78, 5) is 31.2. The quantitative estimate of drug-likeness (QED) is 0.270. The molecule has 4 aromatic rings. The number of carbonyl (C=O) groups excluding carboxylic acids is 1. The highest BCUT2D eigenvalue weighted by atomic mass is 32.2. The van der Waals surface area contributed by atoms with Gasteiger partial charge in [-0.2, -0.15) is 4.31 Å². The molecule has 7 rings (SSSR count). The number of carbonyl (C=O) groups is 1. The molecule has 1 atom stereocenters. The van der Waals surface area contributed by atoms with E-state index in [2.05, 4.69) is 27.0 Å². The number of imidazole rings is 1. The molecule has 3 saturated heterocycles. The second-order valence-corrected chi connectivity index (χ2v) is 15.4. The van der Waals surface area contributed by atoms with Crippen LogP contribution in [0.4, 0.5) is 5.69 Å². The van der Waals surface area contributed by atoms with Gasteiger partial charge in [0.25, 0.3) is 5.91 Å². The number of aryl methyl sites for hydroxylation is 2. The lowest BCUT2D eigenvalue weighted by atomic mass is 9.71. The number of pyridine rings is 1. The SMILES string of the molecule is COc1cc(C)c(S(=O)(=O)N2CCCCC2c2nc3cccc(C(=O)N4CCC5(CC4)CCN(c4ccncc4)CC5)c3[nH]2)c(C)c1. The predicted molar refractivity (Wildman–Crippen MR) is 182 cm³/mol. The van der Waals surface area contributed by atoms with E-state index < -0.39 is 16.1 Å².